The third kappa shape index (κ3) is 6.34. The molecule has 120 valence electrons. The quantitative estimate of drug-likeness (QED) is 0.641. The molecule has 1 aromatic carbocycles. The molecule has 22 heavy (non-hydrogen) atoms. The average molecular weight is 310 g/mol. The van der Waals surface area contributed by atoms with Crippen molar-refractivity contribution in [3.63, 3.8) is 0 Å². The normalized spacial score (nSPS) is 10.1. The number of nitrogens with one attached hydrogen (secondary N) is 2. The van der Waals surface area contributed by atoms with Crippen LogP contribution in [0.5, 0.6) is 0 Å². The summed E-state index contributed by atoms with van der Waals surface area (Å²) in [5, 5.41) is 13.5. The molecule has 0 unspecified atom stereocenters. The van der Waals surface area contributed by atoms with E-state index < -0.39 is 17.7 Å². The number of unbranched alkanes of at least 4 members (excludes halogenated alkanes) is 2. The topological polar surface area (TPSA) is 95.5 Å². The molecule has 0 saturated heterocycles. The summed E-state index contributed by atoms with van der Waals surface area (Å²) >= 11 is 0. The Bertz CT molecular complexity index is 560. The number of carboxylic acid groups (broad SMARTS) is 1. The fourth-order valence-electron chi connectivity index (χ4n) is 1.86. The zero-order valence-corrected chi connectivity index (χ0v) is 12.3. The summed E-state index contributed by atoms with van der Waals surface area (Å²) in [5.74, 6) is -2.39. The molecule has 6 nitrogen and oxygen atoms in total. The Morgan fingerprint density at radius 3 is 2.55 bits per heavy atom. The highest BCUT2D eigenvalue weighted by Gasteiger charge is 2.12. The monoisotopic (exact) mass is 310 g/mol. The number of amides is 2. The minimum atomic E-state index is -0.846. The van der Waals surface area contributed by atoms with Gasteiger partial charge in [-0.3, -0.25) is 14.4 Å². The maximum absolute atomic E-state index is 13.6. The van der Waals surface area contributed by atoms with Gasteiger partial charge in [0, 0.05) is 25.6 Å². The SMILES string of the molecule is CC(=O)Nc1ccc(F)c(C(=O)NCCCCCC(=O)O)c1. The lowest BCUT2D eigenvalue weighted by molar-refractivity contribution is -0.137. The molecule has 0 heterocycles. The van der Waals surface area contributed by atoms with Gasteiger partial charge < -0.3 is 15.7 Å². The maximum atomic E-state index is 13.6. The summed E-state index contributed by atoms with van der Waals surface area (Å²) < 4.78 is 13.6. The van der Waals surface area contributed by atoms with Crippen molar-refractivity contribution in [2.75, 3.05) is 11.9 Å². The summed E-state index contributed by atoms with van der Waals surface area (Å²) in [6.07, 6.45) is 1.92. The van der Waals surface area contributed by atoms with E-state index in [4.69, 9.17) is 5.11 Å². The van der Waals surface area contributed by atoms with Crippen LogP contribution < -0.4 is 10.6 Å². The van der Waals surface area contributed by atoms with Crippen LogP contribution in [0.15, 0.2) is 18.2 Å². The van der Waals surface area contributed by atoms with E-state index in [1.54, 1.807) is 0 Å². The number of benzene rings is 1. The van der Waals surface area contributed by atoms with Crippen LogP contribution in [-0.2, 0) is 9.59 Å². The number of carbonyl (C=O) groups excluding carboxylic acids is 2. The lowest BCUT2D eigenvalue weighted by Gasteiger charge is -2.08. The van der Waals surface area contributed by atoms with Gasteiger partial charge in [-0.25, -0.2) is 4.39 Å². The van der Waals surface area contributed by atoms with Crippen LogP contribution in [0, 0.1) is 5.82 Å². The molecule has 0 atom stereocenters. The van der Waals surface area contributed by atoms with E-state index in [9.17, 15) is 18.8 Å². The van der Waals surface area contributed by atoms with Crippen LogP contribution in [0.2, 0.25) is 0 Å². The number of anilines is 1. The van der Waals surface area contributed by atoms with Gasteiger partial charge in [0.1, 0.15) is 5.82 Å². The Hall–Kier alpha value is -2.44. The lowest BCUT2D eigenvalue weighted by atomic mass is 10.1. The van der Waals surface area contributed by atoms with Gasteiger partial charge in [-0.2, -0.15) is 0 Å². The highest BCUT2D eigenvalue weighted by atomic mass is 19.1. The van der Waals surface area contributed by atoms with E-state index in [0.717, 1.165) is 6.07 Å². The Morgan fingerprint density at radius 2 is 1.91 bits per heavy atom. The molecule has 1 rings (SSSR count). The molecule has 0 aliphatic carbocycles. The molecule has 0 bridgehead atoms. The predicted octanol–water partition coefficient (Wildman–Crippen LogP) is 2.16. The third-order valence-electron chi connectivity index (χ3n) is 2.88. The molecule has 0 fully saturated rings. The standard InChI is InChI=1S/C15H19FN2O4/c1-10(19)18-11-6-7-13(16)12(9-11)15(22)17-8-4-2-3-5-14(20)21/h6-7,9H,2-5,8H2,1H3,(H,17,22)(H,18,19)(H,20,21). The molecule has 0 spiro atoms. The van der Waals surface area contributed by atoms with Crippen molar-refractivity contribution >= 4 is 23.5 Å². The Morgan fingerprint density at radius 1 is 1.18 bits per heavy atom. The average Bonchev–Trinajstić information content (AvgIpc) is 2.43. The zero-order valence-electron chi connectivity index (χ0n) is 12.3. The van der Waals surface area contributed by atoms with E-state index >= 15 is 0 Å². The first kappa shape index (κ1) is 17.6. The molecular weight excluding hydrogens is 291 g/mol. The van der Waals surface area contributed by atoms with Crippen molar-refractivity contribution in [2.24, 2.45) is 0 Å². The predicted molar refractivity (Wildman–Crippen MR) is 79.1 cm³/mol. The number of halogens is 1. The largest absolute Gasteiger partial charge is 0.481 e. The third-order valence-corrected chi connectivity index (χ3v) is 2.88. The molecule has 3 N–H and O–H groups in total. The number of hydrogen-bond donors (Lipinski definition) is 3. The fourth-order valence-corrected chi connectivity index (χ4v) is 1.86. The van der Waals surface area contributed by atoms with Crippen LogP contribution in [0.4, 0.5) is 10.1 Å². The Kier molecular flexibility index (Phi) is 7.01. The Labute approximate surface area is 127 Å². The van der Waals surface area contributed by atoms with Crippen molar-refractivity contribution in [2.45, 2.75) is 32.6 Å². The number of carbonyl (C=O) groups is 3. The van der Waals surface area contributed by atoms with Crippen LogP contribution in [-0.4, -0.2) is 29.4 Å². The highest BCUT2D eigenvalue weighted by Crippen LogP contribution is 2.15. The van der Waals surface area contributed by atoms with Gasteiger partial charge in [-0.1, -0.05) is 6.42 Å². The summed E-state index contributed by atoms with van der Waals surface area (Å²) in [5.41, 5.74) is 0.206. The van der Waals surface area contributed by atoms with Crippen molar-refractivity contribution in [3.8, 4) is 0 Å². The van der Waals surface area contributed by atoms with Crippen LogP contribution in [0.3, 0.4) is 0 Å². The summed E-state index contributed by atoms with van der Waals surface area (Å²) in [7, 11) is 0. The zero-order chi connectivity index (χ0) is 16.5. The number of hydrogen-bond acceptors (Lipinski definition) is 3. The molecular formula is C15H19FN2O4. The van der Waals surface area contributed by atoms with Crippen LogP contribution in [0.25, 0.3) is 0 Å². The molecule has 7 heteroatoms. The van der Waals surface area contributed by atoms with Crippen molar-refractivity contribution in [1.29, 1.82) is 0 Å². The van der Waals surface area contributed by atoms with E-state index in [1.807, 2.05) is 0 Å². The van der Waals surface area contributed by atoms with E-state index in [0.29, 0.717) is 31.5 Å². The molecule has 0 saturated carbocycles. The second kappa shape index (κ2) is 8.76. The van der Waals surface area contributed by atoms with Gasteiger partial charge in [0.15, 0.2) is 0 Å². The van der Waals surface area contributed by atoms with E-state index in [-0.39, 0.29) is 17.9 Å². The molecule has 1 aromatic rings. The van der Waals surface area contributed by atoms with Crippen LogP contribution in [0.1, 0.15) is 43.0 Å². The van der Waals surface area contributed by atoms with Gasteiger partial charge in [0.25, 0.3) is 5.91 Å². The highest BCUT2D eigenvalue weighted by molar-refractivity contribution is 5.97. The van der Waals surface area contributed by atoms with Gasteiger partial charge >= 0.3 is 5.97 Å². The van der Waals surface area contributed by atoms with Crippen molar-refractivity contribution < 1.29 is 23.9 Å². The lowest BCUT2D eigenvalue weighted by Crippen LogP contribution is -2.25. The number of aliphatic carboxylic acids is 1. The van der Waals surface area contributed by atoms with Crippen molar-refractivity contribution in [3.05, 3.63) is 29.6 Å². The van der Waals surface area contributed by atoms with E-state index in [2.05, 4.69) is 10.6 Å². The number of carboxylic acids is 1. The smallest absolute Gasteiger partial charge is 0.303 e. The number of rotatable bonds is 8. The second-order valence-electron chi connectivity index (χ2n) is 4.84. The maximum Gasteiger partial charge on any atom is 0.303 e. The first-order valence-electron chi connectivity index (χ1n) is 6.97. The molecule has 0 aromatic heterocycles. The van der Waals surface area contributed by atoms with Crippen LogP contribution >= 0.6 is 0 Å². The molecule has 0 radical (unpaired) electrons. The van der Waals surface area contributed by atoms with Gasteiger partial charge in [0.05, 0.1) is 5.56 Å². The first-order valence-corrected chi connectivity index (χ1v) is 6.97. The minimum Gasteiger partial charge on any atom is -0.481 e. The molecule has 0 aliphatic rings. The van der Waals surface area contributed by atoms with Gasteiger partial charge in [-0.05, 0) is 31.0 Å². The van der Waals surface area contributed by atoms with Gasteiger partial charge in [-0.15, -0.1) is 0 Å². The molecule has 2 amide bonds. The second-order valence-corrected chi connectivity index (χ2v) is 4.84. The van der Waals surface area contributed by atoms with Crippen molar-refractivity contribution in [1.82, 2.24) is 5.32 Å². The molecule has 0 aliphatic heterocycles. The fraction of sp³-hybridized carbons (Fsp3) is 0.400. The van der Waals surface area contributed by atoms with E-state index in [1.165, 1.54) is 19.1 Å². The summed E-state index contributed by atoms with van der Waals surface area (Å²) in [6.45, 7) is 1.66. The minimum absolute atomic E-state index is 0.0985. The van der Waals surface area contributed by atoms with Gasteiger partial charge in [0.2, 0.25) is 5.91 Å². The summed E-state index contributed by atoms with van der Waals surface area (Å²) in [4.78, 5) is 33.2. The summed E-state index contributed by atoms with van der Waals surface area (Å²) in [6, 6.07) is 3.77. The Balaban J connectivity index is 2.47. The first-order chi connectivity index (χ1) is 10.4.